The van der Waals surface area contributed by atoms with Gasteiger partial charge in [-0.05, 0) is 56.3 Å². The molecule has 210 valence electrons. The molecule has 2 heterocycles. The van der Waals surface area contributed by atoms with Crippen molar-refractivity contribution in [1.82, 2.24) is 4.90 Å². The molecule has 1 N–H and O–H groups in total. The van der Waals surface area contributed by atoms with Crippen LogP contribution in [0.5, 0.6) is 11.5 Å². The van der Waals surface area contributed by atoms with Gasteiger partial charge < -0.3 is 29.1 Å². The number of piperidine rings is 1. The quantitative estimate of drug-likeness (QED) is 0.543. The molecule has 0 unspecified atom stereocenters. The third kappa shape index (κ3) is 3.82. The summed E-state index contributed by atoms with van der Waals surface area (Å²) in [6, 6.07) is 8.83. The predicted molar refractivity (Wildman–Crippen MR) is 147 cm³/mol. The van der Waals surface area contributed by atoms with E-state index < -0.39 is 23.4 Å². The van der Waals surface area contributed by atoms with Crippen LogP contribution >= 0.6 is 11.6 Å². The number of carbonyl (C=O) groups excluding carboxylic acids is 2. The second-order valence-electron chi connectivity index (χ2n) is 10.9. The Morgan fingerprint density at radius 1 is 1.23 bits per heavy atom. The second kappa shape index (κ2) is 9.82. The Labute approximate surface area is 237 Å². The molecule has 0 amide bonds. The fraction of sp³-hybridized carbons (Fsp3) is 0.433. The number of nitrogens with zero attached hydrogens (tertiary/aromatic N) is 2. The lowest BCUT2D eigenvalue weighted by atomic mass is 9.53. The minimum absolute atomic E-state index is 0.0138. The van der Waals surface area contributed by atoms with Crippen LogP contribution in [0.25, 0.3) is 0 Å². The molecule has 6 rings (SSSR count). The predicted octanol–water partition coefficient (Wildman–Crippen LogP) is 3.94. The Morgan fingerprint density at radius 2 is 2.02 bits per heavy atom. The molecular weight excluding hydrogens is 536 g/mol. The average Bonchev–Trinajstić information content (AvgIpc) is 3.39. The minimum Gasteiger partial charge on any atom is -0.504 e. The topological polar surface area (TPSA) is 107 Å². The van der Waals surface area contributed by atoms with Crippen LogP contribution in [-0.2, 0) is 35.7 Å². The minimum atomic E-state index is -0.886. The Morgan fingerprint density at radius 3 is 2.73 bits per heavy atom. The molecule has 10 heteroatoms. The van der Waals surface area contributed by atoms with Crippen molar-refractivity contribution in [2.75, 3.05) is 34.9 Å². The van der Waals surface area contributed by atoms with Gasteiger partial charge in [-0.3, -0.25) is 9.59 Å². The zero-order chi connectivity index (χ0) is 28.3. The lowest BCUT2D eigenvalue weighted by Gasteiger charge is -2.57. The number of hydrogen-bond donors (Lipinski definition) is 1. The Balaban J connectivity index is 1.55. The molecule has 4 aliphatic rings. The number of likely N-dealkylation sites (tertiary alicyclic amines) is 1. The van der Waals surface area contributed by atoms with Crippen molar-refractivity contribution in [2.45, 2.75) is 36.8 Å². The van der Waals surface area contributed by atoms with Crippen molar-refractivity contribution < 1.29 is 33.7 Å². The van der Waals surface area contributed by atoms with Gasteiger partial charge in [0.25, 0.3) is 0 Å². The zero-order valence-corrected chi connectivity index (χ0v) is 23.5. The number of ether oxygens (including phenoxy) is 3. The number of hydrogen-bond acceptors (Lipinski definition) is 9. The van der Waals surface area contributed by atoms with Gasteiger partial charge in [0.05, 0.1) is 21.3 Å². The number of halogens is 1. The first-order valence-corrected chi connectivity index (χ1v) is 13.6. The van der Waals surface area contributed by atoms with Crippen LogP contribution in [0.1, 0.15) is 41.2 Å². The van der Waals surface area contributed by atoms with E-state index in [4.69, 9.17) is 30.6 Å². The number of benzene rings is 2. The number of carbonyl (C=O) groups is 2. The Kier molecular flexibility index (Phi) is 6.54. The molecule has 5 atom stereocenters. The van der Waals surface area contributed by atoms with E-state index in [1.165, 1.54) is 21.3 Å². The summed E-state index contributed by atoms with van der Waals surface area (Å²) in [4.78, 5) is 34.8. The molecule has 9 nitrogen and oxygen atoms in total. The third-order valence-electron chi connectivity index (χ3n) is 9.11. The van der Waals surface area contributed by atoms with Gasteiger partial charge in [0.1, 0.15) is 11.6 Å². The van der Waals surface area contributed by atoms with E-state index in [-0.39, 0.29) is 35.7 Å². The molecule has 1 saturated heterocycles. The number of oxime groups is 1. The number of esters is 1. The van der Waals surface area contributed by atoms with Gasteiger partial charge in [-0.15, -0.1) is 0 Å². The van der Waals surface area contributed by atoms with E-state index >= 15 is 0 Å². The number of Topliss-reactive ketones (excluding diaryl/α,β-unsaturated/α-hetero) is 1. The largest absolute Gasteiger partial charge is 0.504 e. The van der Waals surface area contributed by atoms with E-state index in [2.05, 4.69) is 17.1 Å². The highest BCUT2D eigenvalue weighted by atomic mass is 35.5. The highest BCUT2D eigenvalue weighted by Gasteiger charge is 2.58. The van der Waals surface area contributed by atoms with E-state index in [1.807, 2.05) is 12.1 Å². The first-order chi connectivity index (χ1) is 19.2. The summed E-state index contributed by atoms with van der Waals surface area (Å²) in [5.74, 6) is -0.937. The molecular formula is C30H31ClN2O7. The number of rotatable bonds is 5. The Bertz CT molecular complexity index is 1470. The lowest BCUT2D eigenvalue weighted by molar-refractivity contribution is -0.146. The van der Waals surface area contributed by atoms with Crippen molar-refractivity contribution in [3.63, 3.8) is 0 Å². The normalized spacial score (nSPS) is 29.0. The molecule has 40 heavy (non-hydrogen) atoms. The highest BCUT2D eigenvalue weighted by Crippen LogP contribution is 2.59. The molecule has 0 aromatic heterocycles. The summed E-state index contributed by atoms with van der Waals surface area (Å²) in [5.41, 5.74) is 2.59. The van der Waals surface area contributed by atoms with Gasteiger partial charge in [-0.1, -0.05) is 28.9 Å². The van der Waals surface area contributed by atoms with E-state index in [9.17, 15) is 14.7 Å². The number of fused-ring (bicyclic) bond motifs is 1. The van der Waals surface area contributed by atoms with E-state index in [0.717, 1.165) is 12.1 Å². The first-order valence-electron chi connectivity index (χ1n) is 13.2. The van der Waals surface area contributed by atoms with Crippen LogP contribution in [0.2, 0.25) is 5.02 Å². The van der Waals surface area contributed by atoms with Gasteiger partial charge in [0.2, 0.25) is 0 Å². The average molecular weight is 567 g/mol. The molecule has 2 aliphatic carbocycles. The van der Waals surface area contributed by atoms with Crippen molar-refractivity contribution in [3.05, 3.63) is 69.4 Å². The molecule has 2 aliphatic heterocycles. The molecule has 0 saturated carbocycles. The summed E-state index contributed by atoms with van der Waals surface area (Å²) < 4.78 is 16.3. The van der Waals surface area contributed by atoms with Crippen molar-refractivity contribution >= 4 is 29.1 Å². The van der Waals surface area contributed by atoms with Gasteiger partial charge in [0.15, 0.2) is 29.1 Å². The van der Waals surface area contributed by atoms with Crippen molar-refractivity contribution in [1.29, 1.82) is 0 Å². The summed E-state index contributed by atoms with van der Waals surface area (Å²) in [7, 11) is 6.40. The third-order valence-corrected chi connectivity index (χ3v) is 9.35. The number of methoxy groups -OCH3 is 3. The maximum atomic E-state index is 13.3. The fourth-order valence-corrected chi connectivity index (χ4v) is 7.43. The molecule has 2 bridgehead atoms. The van der Waals surface area contributed by atoms with Crippen molar-refractivity contribution in [2.24, 2.45) is 17.0 Å². The smallest absolute Gasteiger partial charge is 0.319 e. The number of phenols is 1. The number of allylic oxidation sites excluding steroid dienone is 1. The van der Waals surface area contributed by atoms with Crippen LogP contribution in [-0.4, -0.2) is 68.4 Å². The number of aromatic hydroxyl groups is 1. The van der Waals surface area contributed by atoms with Gasteiger partial charge in [-0.25, -0.2) is 0 Å². The van der Waals surface area contributed by atoms with Crippen LogP contribution in [0.4, 0.5) is 0 Å². The van der Waals surface area contributed by atoms with E-state index in [0.29, 0.717) is 46.0 Å². The van der Waals surface area contributed by atoms with Crippen LogP contribution in [0, 0.1) is 11.8 Å². The summed E-state index contributed by atoms with van der Waals surface area (Å²) in [5, 5.41) is 16.5. The maximum Gasteiger partial charge on any atom is 0.319 e. The molecule has 0 spiro atoms. The van der Waals surface area contributed by atoms with E-state index in [1.54, 1.807) is 24.3 Å². The van der Waals surface area contributed by atoms with Gasteiger partial charge in [0, 0.05) is 45.5 Å². The monoisotopic (exact) mass is 566 g/mol. The summed E-state index contributed by atoms with van der Waals surface area (Å²) in [6.07, 6.45) is 2.51. The highest BCUT2D eigenvalue weighted by molar-refractivity contribution is 6.31. The molecule has 2 aromatic carbocycles. The van der Waals surface area contributed by atoms with Crippen LogP contribution in [0.15, 0.2) is 47.3 Å². The van der Waals surface area contributed by atoms with Gasteiger partial charge >= 0.3 is 5.97 Å². The first kappa shape index (κ1) is 26.7. The molecule has 2 aromatic rings. The fourth-order valence-electron chi connectivity index (χ4n) is 7.24. The second-order valence-corrected chi connectivity index (χ2v) is 11.3. The summed E-state index contributed by atoms with van der Waals surface area (Å²) in [6.45, 7) is 0.767. The van der Waals surface area contributed by atoms with Crippen LogP contribution < -0.4 is 4.74 Å². The lowest BCUT2D eigenvalue weighted by Crippen LogP contribution is -2.60. The van der Waals surface area contributed by atoms with Crippen molar-refractivity contribution in [3.8, 4) is 11.5 Å². The molecule has 1 fully saturated rings. The summed E-state index contributed by atoms with van der Waals surface area (Å²) >= 11 is 6.25. The maximum absolute atomic E-state index is 13.3. The number of likely N-dealkylation sites (N-methyl/N-ethyl adjacent to an activating group) is 1. The Hall–Kier alpha value is -3.56. The van der Waals surface area contributed by atoms with Crippen LogP contribution in [0.3, 0.4) is 0 Å². The SMILES string of the molecule is COC(=O)[C@H]1C(c2cccc(Cl)c2)=NO[C@@H]1c1cc(OC)c(O)c2c1C[C@@H]1[C@@H]3C=C(OC)C(=O)C[C@]23CCN1C. The number of phenolic OH excluding ortho intramolecular Hbond substituents is 1. The molecule has 0 radical (unpaired) electrons. The standard InChI is InChI=1S/C30H31ClN2O7/c1-33-9-8-30-14-21(34)22(37-2)13-19(30)20(33)11-17-18(12-23(38-3)27(35)25(17)30)28-24(29(36)39-4)26(32-40-28)15-6-5-7-16(31)10-15/h5-7,10,12-13,19-20,24,28,35H,8-9,11,14H2,1-4H3/t19-,20+,24-,28+,30-/m0/s1. The zero-order valence-electron chi connectivity index (χ0n) is 22.8. The number of ketones is 1. The van der Waals surface area contributed by atoms with Gasteiger partial charge in [-0.2, -0.15) is 0 Å².